The lowest BCUT2D eigenvalue weighted by atomic mass is 9.82. The summed E-state index contributed by atoms with van der Waals surface area (Å²) in [4.78, 5) is 26.3. The van der Waals surface area contributed by atoms with Gasteiger partial charge >= 0.3 is 5.97 Å². The van der Waals surface area contributed by atoms with Crippen molar-refractivity contribution in [1.82, 2.24) is 15.0 Å². The molecule has 4 atom stereocenters. The average molecular weight is 554 g/mol. The number of nitrogens with zero attached hydrogens (tertiary/aromatic N) is 3. The molecular formula is C28H35N5O5S. The van der Waals surface area contributed by atoms with Gasteiger partial charge < -0.3 is 20.5 Å². The van der Waals surface area contributed by atoms with Crippen molar-refractivity contribution < 1.29 is 22.7 Å². The first-order valence-electron chi connectivity index (χ1n) is 13.0. The summed E-state index contributed by atoms with van der Waals surface area (Å²) in [5.74, 6) is 0.861. The van der Waals surface area contributed by atoms with Crippen LogP contribution in [0.15, 0.2) is 30.6 Å². The normalized spacial score (nSPS) is 24.5. The number of esters is 1. The van der Waals surface area contributed by atoms with Crippen LogP contribution in [0.5, 0.6) is 5.88 Å². The van der Waals surface area contributed by atoms with E-state index < -0.39 is 26.2 Å². The van der Waals surface area contributed by atoms with E-state index in [1.807, 2.05) is 47.6 Å². The van der Waals surface area contributed by atoms with Crippen LogP contribution in [0.4, 0.5) is 11.6 Å². The van der Waals surface area contributed by atoms with Crippen molar-refractivity contribution in [3.05, 3.63) is 47.4 Å². The van der Waals surface area contributed by atoms with E-state index in [-0.39, 0.29) is 23.9 Å². The highest BCUT2D eigenvalue weighted by Crippen LogP contribution is 2.40. The molecule has 4 heterocycles. The molecule has 1 aliphatic carbocycles. The first-order valence-corrected chi connectivity index (χ1v) is 15.0. The minimum absolute atomic E-state index is 0.0943. The molecule has 11 heteroatoms. The quantitative estimate of drug-likeness (QED) is 0.425. The molecule has 0 saturated heterocycles. The number of nitrogens with one attached hydrogen (secondary N) is 1. The lowest BCUT2D eigenvalue weighted by Crippen LogP contribution is -2.51. The van der Waals surface area contributed by atoms with Gasteiger partial charge in [-0.25, -0.2) is 28.2 Å². The summed E-state index contributed by atoms with van der Waals surface area (Å²) in [5, 5.41) is 4.34. The topological polar surface area (TPSA) is 146 Å². The zero-order valence-electron chi connectivity index (χ0n) is 23.3. The van der Waals surface area contributed by atoms with E-state index in [4.69, 9.17) is 20.2 Å². The molecule has 0 aromatic carbocycles. The molecule has 208 valence electrons. The largest absolute Gasteiger partial charge is 0.473 e. The molecule has 2 aliphatic rings. The van der Waals surface area contributed by atoms with Gasteiger partial charge in [-0.2, -0.15) is 0 Å². The lowest BCUT2D eigenvalue weighted by molar-refractivity contribution is -0.0189. The Morgan fingerprint density at radius 2 is 1.85 bits per heavy atom. The summed E-state index contributed by atoms with van der Waals surface area (Å²) in [5.41, 5.74) is 7.07. The number of nitrogens with two attached hydrogens (primary N) is 1. The number of carbonyl (C=O) groups excluding carboxylic acids is 1. The van der Waals surface area contributed by atoms with Gasteiger partial charge in [-0.15, -0.1) is 0 Å². The minimum Gasteiger partial charge on any atom is -0.473 e. The Bertz CT molecular complexity index is 1580. The zero-order valence-corrected chi connectivity index (χ0v) is 24.1. The fourth-order valence-corrected chi connectivity index (χ4v) is 6.74. The fourth-order valence-electron chi connectivity index (χ4n) is 5.24. The molecule has 5 rings (SSSR count). The third-order valence-electron chi connectivity index (χ3n) is 8.09. The zero-order chi connectivity index (χ0) is 28.5. The van der Waals surface area contributed by atoms with Crippen molar-refractivity contribution in [1.29, 1.82) is 0 Å². The Morgan fingerprint density at radius 3 is 2.49 bits per heavy atom. The number of aromatic nitrogens is 3. The van der Waals surface area contributed by atoms with Gasteiger partial charge in [0.15, 0.2) is 9.84 Å². The number of carbonyl (C=O) groups is 1. The van der Waals surface area contributed by atoms with Crippen LogP contribution in [-0.2, 0) is 20.1 Å². The molecule has 0 spiro atoms. The van der Waals surface area contributed by atoms with E-state index in [0.29, 0.717) is 40.6 Å². The number of hydrogen-bond acceptors (Lipinski definition) is 10. The number of hydrogen-bond donors (Lipinski definition) is 2. The lowest BCUT2D eigenvalue weighted by Gasteiger charge is -2.40. The maximum Gasteiger partial charge on any atom is 0.340 e. The summed E-state index contributed by atoms with van der Waals surface area (Å²) >= 11 is 0. The second-order valence-electron chi connectivity index (χ2n) is 11.9. The Morgan fingerprint density at radius 1 is 1.13 bits per heavy atom. The molecule has 10 nitrogen and oxygen atoms in total. The van der Waals surface area contributed by atoms with Crippen molar-refractivity contribution in [3.63, 3.8) is 0 Å². The molecule has 0 radical (unpaired) electrons. The third kappa shape index (κ3) is 4.93. The smallest absolute Gasteiger partial charge is 0.340 e. The summed E-state index contributed by atoms with van der Waals surface area (Å²) in [6.45, 7) is 11.4. The number of pyridine rings is 3. The highest BCUT2D eigenvalue weighted by Gasteiger charge is 2.46. The van der Waals surface area contributed by atoms with Gasteiger partial charge in [-0.1, -0.05) is 13.8 Å². The molecule has 3 N–H and O–H groups in total. The van der Waals surface area contributed by atoms with Crippen LogP contribution in [0.1, 0.15) is 75.5 Å². The Hall–Kier alpha value is -3.31. The number of rotatable bonds is 6. The summed E-state index contributed by atoms with van der Waals surface area (Å²) in [6, 6.07) is 5.32. The first kappa shape index (κ1) is 27.3. The average Bonchev–Trinajstić information content (AvgIpc) is 2.82. The number of fused-ring (bicyclic) bond motifs is 2. The molecule has 0 bridgehead atoms. The van der Waals surface area contributed by atoms with Crippen molar-refractivity contribution in [2.45, 2.75) is 76.4 Å². The van der Waals surface area contributed by atoms with Crippen molar-refractivity contribution in [2.24, 2.45) is 11.7 Å². The number of anilines is 2. The van der Waals surface area contributed by atoms with Crippen LogP contribution in [-0.4, -0.2) is 52.5 Å². The van der Waals surface area contributed by atoms with E-state index in [1.165, 1.54) is 6.26 Å². The summed E-state index contributed by atoms with van der Waals surface area (Å²) in [7, 11) is -3.13. The minimum atomic E-state index is -3.13. The van der Waals surface area contributed by atoms with Crippen LogP contribution in [0, 0.1) is 5.92 Å². The maximum absolute atomic E-state index is 12.5. The van der Waals surface area contributed by atoms with Gasteiger partial charge in [0.25, 0.3) is 0 Å². The van der Waals surface area contributed by atoms with Gasteiger partial charge in [-0.05, 0) is 56.8 Å². The standard InChI is InChI=1S/C28H35N5O5S/c1-14-20(11-21(14)39(7,35)36)37-25-18-12-30-23(10-17(18)19(13-31-25)27(3,4)29)32-22-9-8-16-24(33-22)15(2)28(5,6)38-26(16)34/h8-10,12-15,20-21H,11,29H2,1-7H3,(H,30,32,33)/t14-,15+,20+,21+/m0/s1. The molecule has 1 aliphatic heterocycles. The van der Waals surface area contributed by atoms with Crippen LogP contribution >= 0.6 is 0 Å². The molecule has 1 fully saturated rings. The molecule has 0 unspecified atom stereocenters. The highest BCUT2D eigenvalue weighted by molar-refractivity contribution is 7.91. The van der Waals surface area contributed by atoms with Crippen molar-refractivity contribution >= 4 is 38.2 Å². The second-order valence-corrected chi connectivity index (χ2v) is 14.2. The van der Waals surface area contributed by atoms with E-state index in [2.05, 4.69) is 15.3 Å². The van der Waals surface area contributed by atoms with Gasteiger partial charge in [0.2, 0.25) is 5.88 Å². The maximum atomic E-state index is 12.5. The van der Waals surface area contributed by atoms with Crippen LogP contribution in [0.2, 0.25) is 0 Å². The van der Waals surface area contributed by atoms with E-state index in [9.17, 15) is 13.2 Å². The molecule has 3 aromatic rings. The van der Waals surface area contributed by atoms with Gasteiger partial charge in [0, 0.05) is 42.4 Å². The van der Waals surface area contributed by atoms with E-state index >= 15 is 0 Å². The van der Waals surface area contributed by atoms with E-state index in [1.54, 1.807) is 24.5 Å². The van der Waals surface area contributed by atoms with Crippen molar-refractivity contribution in [2.75, 3.05) is 11.6 Å². The number of cyclic esters (lactones) is 1. The number of ether oxygens (including phenoxy) is 2. The number of sulfone groups is 1. The molecule has 1 saturated carbocycles. The first-order chi connectivity index (χ1) is 18.1. The van der Waals surface area contributed by atoms with Gasteiger partial charge in [0.1, 0.15) is 23.3 Å². The molecule has 0 amide bonds. The summed E-state index contributed by atoms with van der Waals surface area (Å²) < 4.78 is 35.8. The Balaban J connectivity index is 1.48. The second kappa shape index (κ2) is 9.12. The van der Waals surface area contributed by atoms with Gasteiger partial charge in [0.05, 0.1) is 21.9 Å². The fraction of sp³-hybridized carbons (Fsp3) is 0.500. The molecular weight excluding hydrogens is 518 g/mol. The summed E-state index contributed by atoms with van der Waals surface area (Å²) in [6.07, 6.45) is 4.80. The van der Waals surface area contributed by atoms with Crippen molar-refractivity contribution in [3.8, 4) is 5.88 Å². The Kier molecular flexibility index (Phi) is 6.38. The SMILES string of the molecule is C[C@@H]1[C@H](S(C)(=O)=O)C[C@H]1Oc1ncc(C(C)(C)N)c2cc(Nc3ccc4c(n3)[C@@H](C)C(C)(C)OC4=O)ncc12. The molecule has 39 heavy (non-hydrogen) atoms. The van der Waals surface area contributed by atoms with Crippen LogP contribution in [0.25, 0.3) is 10.8 Å². The highest BCUT2D eigenvalue weighted by atomic mass is 32.2. The predicted molar refractivity (Wildman–Crippen MR) is 149 cm³/mol. The van der Waals surface area contributed by atoms with Crippen LogP contribution < -0.4 is 15.8 Å². The predicted octanol–water partition coefficient (Wildman–Crippen LogP) is 4.22. The van der Waals surface area contributed by atoms with Crippen LogP contribution in [0.3, 0.4) is 0 Å². The van der Waals surface area contributed by atoms with Gasteiger partial charge in [-0.3, -0.25) is 0 Å². The Labute approximate surface area is 228 Å². The third-order valence-corrected chi connectivity index (χ3v) is 9.81. The monoisotopic (exact) mass is 553 g/mol. The van der Waals surface area contributed by atoms with E-state index in [0.717, 1.165) is 10.9 Å². The molecule has 3 aromatic heterocycles.